The van der Waals surface area contributed by atoms with Crippen LogP contribution >= 0.6 is 23.4 Å². The van der Waals surface area contributed by atoms with Crippen LogP contribution in [0.1, 0.15) is 26.2 Å². The second-order valence-corrected chi connectivity index (χ2v) is 5.26. The molecule has 1 aromatic heterocycles. The fourth-order valence-electron chi connectivity index (χ4n) is 1.69. The molecule has 5 heteroatoms. The van der Waals surface area contributed by atoms with Gasteiger partial charge in [0.1, 0.15) is 11.0 Å². The van der Waals surface area contributed by atoms with Crippen LogP contribution in [0.4, 0.5) is 5.82 Å². The molecule has 1 fully saturated rings. The number of anilines is 1. The Morgan fingerprint density at radius 1 is 1.47 bits per heavy atom. The predicted molar refractivity (Wildman–Crippen MR) is 64.7 cm³/mol. The third kappa shape index (κ3) is 2.55. The molecule has 1 heterocycles. The maximum absolute atomic E-state index is 5.91. The van der Waals surface area contributed by atoms with E-state index in [1.807, 2.05) is 6.26 Å². The first-order valence-electron chi connectivity index (χ1n) is 4.98. The molecule has 0 radical (unpaired) electrons. The molecule has 0 amide bonds. The Morgan fingerprint density at radius 2 is 2.20 bits per heavy atom. The highest BCUT2D eigenvalue weighted by Gasteiger charge is 2.31. The van der Waals surface area contributed by atoms with Crippen LogP contribution in [0.25, 0.3) is 0 Å². The Balaban J connectivity index is 2.16. The summed E-state index contributed by atoms with van der Waals surface area (Å²) in [4.78, 5) is 8.48. The van der Waals surface area contributed by atoms with E-state index in [2.05, 4.69) is 22.2 Å². The minimum absolute atomic E-state index is 0.202. The largest absolute Gasteiger partial charge is 0.365 e. The van der Waals surface area contributed by atoms with Crippen molar-refractivity contribution in [2.45, 2.75) is 36.9 Å². The topological polar surface area (TPSA) is 37.8 Å². The van der Waals surface area contributed by atoms with Gasteiger partial charge in [0.15, 0.2) is 5.16 Å². The minimum Gasteiger partial charge on any atom is -0.365 e. The molecule has 1 aromatic rings. The van der Waals surface area contributed by atoms with Gasteiger partial charge in [0, 0.05) is 11.6 Å². The quantitative estimate of drug-likeness (QED) is 0.503. The second kappa shape index (κ2) is 4.18. The van der Waals surface area contributed by atoms with Gasteiger partial charge in [0.05, 0.1) is 0 Å². The van der Waals surface area contributed by atoms with E-state index in [4.69, 9.17) is 11.6 Å². The average Bonchev–Trinajstić information content (AvgIpc) is 2.14. The molecule has 0 saturated heterocycles. The Morgan fingerprint density at radius 3 is 2.73 bits per heavy atom. The van der Waals surface area contributed by atoms with Crippen molar-refractivity contribution >= 4 is 29.2 Å². The molecule has 15 heavy (non-hydrogen) atoms. The van der Waals surface area contributed by atoms with Crippen molar-refractivity contribution in [1.29, 1.82) is 0 Å². The van der Waals surface area contributed by atoms with Crippen LogP contribution in [0, 0.1) is 0 Å². The minimum atomic E-state index is 0.202. The first-order valence-corrected chi connectivity index (χ1v) is 6.58. The fourth-order valence-corrected chi connectivity index (χ4v) is 2.31. The standard InChI is InChI=1S/C10H14ClN3S/c1-10(4-3-5-10)14-8-6-7(11)12-9(13-8)15-2/h6H,3-5H2,1-2H3,(H,12,13,14). The molecule has 0 atom stereocenters. The fraction of sp³-hybridized carbons (Fsp3) is 0.600. The predicted octanol–water partition coefficient (Wildman–Crippen LogP) is 3.21. The van der Waals surface area contributed by atoms with Gasteiger partial charge in [0.25, 0.3) is 0 Å². The van der Waals surface area contributed by atoms with Gasteiger partial charge in [-0.3, -0.25) is 0 Å². The van der Waals surface area contributed by atoms with Gasteiger partial charge in [-0.1, -0.05) is 23.4 Å². The summed E-state index contributed by atoms with van der Waals surface area (Å²) in [6, 6.07) is 1.78. The van der Waals surface area contributed by atoms with E-state index >= 15 is 0 Å². The van der Waals surface area contributed by atoms with Gasteiger partial charge in [-0.15, -0.1) is 0 Å². The first-order chi connectivity index (χ1) is 7.11. The third-order valence-corrected chi connectivity index (χ3v) is 3.49. The van der Waals surface area contributed by atoms with Gasteiger partial charge >= 0.3 is 0 Å². The summed E-state index contributed by atoms with van der Waals surface area (Å²) < 4.78 is 0. The maximum Gasteiger partial charge on any atom is 0.190 e. The summed E-state index contributed by atoms with van der Waals surface area (Å²) in [5, 5.41) is 4.64. The van der Waals surface area contributed by atoms with Crippen molar-refractivity contribution in [2.24, 2.45) is 0 Å². The lowest BCUT2D eigenvalue weighted by Gasteiger charge is -2.39. The summed E-state index contributed by atoms with van der Waals surface area (Å²) in [6.45, 7) is 2.21. The molecule has 1 N–H and O–H groups in total. The van der Waals surface area contributed by atoms with E-state index in [9.17, 15) is 0 Å². The number of halogens is 1. The van der Waals surface area contributed by atoms with E-state index in [0.29, 0.717) is 10.3 Å². The highest BCUT2D eigenvalue weighted by atomic mass is 35.5. The molecule has 2 rings (SSSR count). The van der Waals surface area contributed by atoms with Crippen LogP contribution in [0.15, 0.2) is 11.2 Å². The Kier molecular flexibility index (Phi) is 3.07. The van der Waals surface area contributed by atoms with Crippen molar-refractivity contribution < 1.29 is 0 Å². The summed E-state index contributed by atoms with van der Waals surface area (Å²) >= 11 is 7.42. The second-order valence-electron chi connectivity index (χ2n) is 4.10. The zero-order valence-corrected chi connectivity index (χ0v) is 10.5. The number of hydrogen-bond acceptors (Lipinski definition) is 4. The van der Waals surface area contributed by atoms with Gasteiger partial charge in [-0.2, -0.15) is 0 Å². The van der Waals surface area contributed by atoms with Crippen LogP contribution in [0.5, 0.6) is 0 Å². The van der Waals surface area contributed by atoms with Crippen LogP contribution in [-0.2, 0) is 0 Å². The highest BCUT2D eigenvalue weighted by molar-refractivity contribution is 7.98. The van der Waals surface area contributed by atoms with E-state index < -0.39 is 0 Å². The molecule has 1 aliphatic rings. The van der Waals surface area contributed by atoms with E-state index in [1.54, 1.807) is 6.07 Å². The molecule has 82 valence electrons. The molecule has 1 aliphatic carbocycles. The SMILES string of the molecule is CSc1nc(Cl)cc(NC2(C)CCC2)n1. The van der Waals surface area contributed by atoms with Crippen LogP contribution < -0.4 is 5.32 Å². The lowest BCUT2D eigenvalue weighted by molar-refractivity contribution is 0.305. The normalized spacial score (nSPS) is 18.3. The van der Waals surface area contributed by atoms with Crippen molar-refractivity contribution in [3.05, 3.63) is 11.2 Å². The van der Waals surface area contributed by atoms with Crippen molar-refractivity contribution in [1.82, 2.24) is 9.97 Å². The van der Waals surface area contributed by atoms with Crippen LogP contribution in [0.2, 0.25) is 5.15 Å². The molecule has 0 bridgehead atoms. The summed E-state index contributed by atoms with van der Waals surface area (Å²) in [6.07, 6.45) is 5.63. The number of nitrogens with zero attached hydrogens (tertiary/aromatic N) is 2. The van der Waals surface area contributed by atoms with E-state index in [0.717, 1.165) is 5.82 Å². The molecule has 0 unspecified atom stereocenters. The lowest BCUT2D eigenvalue weighted by atomic mass is 9.78. The van der Waals surface area contributed by atoms with Gasteiger partial charge in [0.2, 0.25) is 0 Å². The van der Waals surface area contributed by atoms with Crippen LogP contribution in [-0.4, -0.2) is 21.8 Å². The third-order valence-electron chi connectivity index (χ3n) is 2.74. The smallest absolute Gasteiger partial charge is 0.190 e. The lowest BCUT2D eigenvalue weighted by Crippen LogP contribution is -2.41. The summed E-state index contributed by atoms with van der Waals surface area (Å²) in [7, 11) is 0. The van der Waals surface area contributed by atoms with Crippen LogP contribution in [0.3, 0.4) is 0 Å². The molecule has 0 aromatic carbocycles. The number of hydrogen-bond donors (Lipinski definition) is 1. The molecular formula is C10H14ClN3S. The van der Waals surface area contributed by atoms with Gasteiger partial charge < -0.3 is 5.32 Å². The number of nitrogens with one attached hydrogen (secondary N) is 1. The first kappa shape index (κ1) is 11.0. The summed E-state index contributed by atoms with van der Waals surface area (Å²) in [5.41, 5.74) is 0.202. The Bertz CT molecular complexity index is 366. The number of aromatic nitrogens is 2. The maximum atomic E-state index is 5.91. The number of thioether (sulfide) groups is 1. The van der Waals surface area contributed by atoms with Gasteiger partial charge in [-0.25, -0.2) is 9.97 Å². The van der Waals surface area contributed by atoms with Crippen molar-refractivity contribution in [3.63, 3.8) is 0 Å². The average molecular weight is 244 g/mol. The zero-order chi connectivity index (χ0) is 10.9. The van der Waals surface area contributed by atoms with Crippen molar-refractivity contribution in [3.8, 4) is 0 Å². The van der Waals surface area contributed by atoms with Crippen molar-refractivity contribution in [2.75, 3.05) is 11.6 Å². The number of rotatable bonds is 3. The zero-order valence-electron chi connectivity index (χ0n) is 8.88. The van der Waals surface area contributed by atoms with Gasteiger partial charge in [-0.05, 0) is 32.4 Å². The Labute approximate surface area is 99.0 Å². The van der Waals surface area contributed by atoms with E-state index in [1.165, 1.54) is 31.0 Å². The monoisotopic (exact) mass is 243 g/mol. The molecule has 0 spiro atoms. The molecule has 1 saturated carbocycles. The summed E-state index contributed by atoms with van der Waals surface area (Å²) in [5.74, 6) is 0.835. The highest BCUT2D eigenvalue weighted by Crippen LogP contribution is 2.34. The molecular weight excluding hydrogens is 230 g/mol. The molecule has 3 nitrogen and oxygen atoms in total. The Hall–Kier alpha value is -0.480. The molecule has 0 aliphatic heterocycles. The van der Waals surface area contributed by atoms with E-state index in [-0.39, 0.29) is 5.54 Å².